The third-order valence-corrected chi connectivity index (χ3v) is 3.70. The predicted molar refractivity (Wildman–Crippen MR) is 64.4 cm³/mol. The predicted octanol–water partition coefficient (Wildman–Crippen LogP) is 2.15. The zero-order valence-corrected chi connectivity index (χ0v) is 10.0. The molecule has 2 atom stereocenters. The molecule has 2 fully saturated rings. The van der Waals surface area contributed by atoms with Gasteiger partial charge in [-0.2, -0.15) is 5.10 Å². The Bertz CT molecular complexity index is 354. The minimum Gasteiger partial charge on any atom is -0.314 e. The lowest BCUT2D eigenvalue weighted by atomic mass is 10.2. The van der Waals surface area contributed by atoms with Crippen molar-refractivity contribution >= 4 is 0 Å². The fourth-order valence-corrected chi connectivity index (χ4v) is 2.41. The van der Waals surface area contributed by atoms with E-state index in [-0.39, 0.29) is 0 Å². The Hall–Kier alpha value is -0.830. The van der Waals surface area contributed by atoms with Gasteiger partial charge in [0, 0.05) is 18.8 Å². The largest absolute Gasteiger partial charge is 0.314 e. The molecular weight excluding hydrogens is 198 g/mol. The second kappa shape index (κ2) is 4.21. The quantitative estimate of drug-likeness (QED) is 0.794. The Kier molecular flexibility index (Phi) is 2.72. The van der Waals surface area contributed by atoms with Crippen molar-refractivity contribution in [3.05, 3.63) is 18.0 Å². The molecule has 0 amide bonds. The monoisotopic (exact) mass is 219 g/mol. The van der Waals surface area contributed by atoms with Gasteiger partial charge in [0.15, 0.2) is 0 Å². The van der Waals surface area contributed by atoms with Crippen molar-refractivity contribution in [2.45, 2.75) is 51.1 Å². The lowest BCUT2D eigenvalue weighted by Crippen LogP contribution is -2.19. The number of nitrogens with zero attached hydrogens (tertiary/aromatic N) is 2. The van der Waals surface area contributed by atoms with E-state index in [9.17, 15) is 0 Å². The zero-order chi connectivity index (χ0) is 11.0. The molecule has 2 unspecified atom stereocenters. The molecule has 2 aliphatic rings. The summed E-state index contributed by atoms with van der Waals surface area (Å²) < 4.78 is 2.08. The lowest BCUT2D eigenvalue weighted by Gasteiger charge is -2.00. The topological polar surface area (TPSA) is 29.9 Å². The molecule has 1 aromatic heterocycles. The van der Waals surface area contributed by atoms with E-state index < -0.39 is 0 Å². The van der Waals surface area contributed by atoms with Gasteiger partial charge in [0.05, 0.1) is 6.20 Å². The molecule has 3 rings (SSSR count). The average Bonchev–Trinajstić information content (AvgIpc) is 3.18. The van der Waals surface area contributed by atoms with Crippen LogP contribution in [0.1, 0.15) is 44.1 Å². The zero-order valence-electron chi connectivity index (χ0n) is 10.0. The molecule has 16 heavy (non-hydrogen) atoms. The summed E-state index contributed by atoms with van der Waals surface area (Å²) in [5, 5.41) is 8.03. The van der Waals surface area contributed by atoms with Gasteiger partial charge < -0.3 is 5.32 Å². The molecule has 0 aromatic carbocycles. The Morgan fingerprint density at radius 2 is 2.38 bits per heavy atom. The van der Waals surface area contributed by atoms with Crippen molar-refractivity contribution in [2.24, 2.45) is 5.92 Å². The van der Waals surface area contributed by atoms with Crippen LogP contribution in [0, 0.1) is 5.92 Å². The minimum atomic E-state index is 0.789. The summed E-state index contributed by atoms with van der Waals surface area (Å²) in [5.41, 5.74) is 1.45. The van der Waals surface area contributed by atoms with Gasteiger partial charge in [-0.05, 0) is 49.6 Å². The van der Waals surface area contributed by atoms with Gasteiger partial charge in [0.1, 0.15) is 0 Å². The Morgan fingerprint density at radius 3 is 3.12 bits per heavy atom. The van der Waals surface area contributed by atoms with Crippen molar-refractivity contribution in [3.63, 3.8) is 0 Å². The second-order valence-corrected chi connectivity index (χ2v) is 5.32. The van der Waals surface area contributed by atoms with E-state index in [1.807, 2.05) is 0 Å². The van der Waals surface area contributed by atoms with Crippen LogP contribution in [-0.4, -0.2) is 22.4 Å². The standard InChI is InChI=1S/C13H21N3/c1-2-5-16-9-11(8-15-16)13-6-10(13)7-14-12-3-4-12/h8-10,12-14H,2-7H2,1H3. The highest BCUT2D eigenvalue weighted by Gasteiger charge is 2.39. The van der Waals surface area contributed by atoms with Crippen LogP contribution in [0.2, 0.25) is 0 Å². The molecule has 3 nitrogen and oxygen atoms in total. The van der Waals surface area contributed by atoms with Crippen molar-refractivity contribution in [3.8, 4) is 0 Å². The van der Waals surface area contributed by atoms with Gasteiger partial charge in [-0.1, -0.05) is 6.92 Å². The normalized spacial score (nSPS) is 28.3. The van der Waals surface area contributed by atoms with Crippen LogP contribution in [-0.2, 0) is 6.54 Å². The first kappa shape index (κ1) is 10.3. The van der Waals surface area contributed by atoms with Crippen molar-refractivity contribution < 1.29 is 0 Å². The number of rotatable bonds is 6. The van der Waals surface area contributed by atoms with Crippen molar-refractivity contribution in [1.29, 1.82) is 0 Å². The summed E-state index contributed by atoms with van der Waals surface area (Å²) in [4.78, 5) is 0. The summed E-state index contributed by atoms with van der Waals surface area (Å²) in [6.45, 7) is 4.47. The first-order valence-electron chi connectivity index (χ1n) is 6.62. The van der Waals surface area contributed by atoms with Crippen LogP contribution < -0.4 is 5.32 Å². The molecule has 1 N–H and O–H groups in total. The summed E-state index contributed by atoms with van der Waals surface area (Å²) in [6, 6.07) is 0.851. The fourth-order valence-electron chi connectivity index (χ4n) is 2.41. The van der Waals surface area contributed by atoms with Crippen LogP contribution in [0.4, 0.5) is 0 Å². The Morgan fingerprint density at radius 1 is 1.50 bits per heavy atom. The van der Waals surface area contributed by atoms with Crippen LogP contribution in [0.5, 0.6) is 0 Å². The first-order valence-corrected chi connectivity index (χ1v) is 6.62. The highest BCUT2D eigenvalue weighted by molar-refractivity contribution is 5.20. The highest BCUT2D eigenvalue weighted by atomic mass is 15.3. The second-order valence-electron chi connectivity index (χ2n) is 5.32. The molecule has 0 spiro atoms. The van der Waals surface area contributed by atoms with E-state index in [0.717, 1.165) is 24.4 Å². The third-order valence-electron chi connectivity index (χ3n) is 3.70. The van der Waals surface area contributed by atoms with Crippen LogP contribution in [0.3, 0.4) is 0 Å². The van der Waals surface area contributed by atoms with Gasteiger partial charge in [0.2, 0.25) is 0 Å². The molecule has 88 valence electrons. The molecular formula is C13H21N3. The molecule has 0 aliphatic heterocycles. The van der Waals surface area contributed by atoms with E-state index in [1.54, 1.807) is 0 Å². The summed E-state index contributed by atoms with van der Waals surface area (Å²) >= 11 is 0. The van der Waals surface area contributed by atoms with E-state index in [1.165, 1.54) is 37.8 Å². The molecule has 1 heterocycles. The van der Waals surface area contributed by atoms with Crippen molar-refractivity contribution in [1.82, 2.24) is 15.1 Å². The summed E-state index contributed by atoms with van der Waals surface area (Å²) in [7, 11) is 0. The Labute approximate surface area is 97.2 Å². The van der Waals surface area contributed by atoms with E-state index >= 15 is 0 Å². The van der Waals surface area contributed by atoms with Gasteiger partial charge >= 0.3 is 0 Å². The lowest BCUT2D eigenvalue weighted by molar-refractivity contribution is 0.601. The van der Waals surface area contributed by atoms with E-state index in [4.69, 9.17) is 0 Å². The minimum absolute atomic E-state index is 0.789. The van der Waals surface area contributed by atoms with E-state index in [2.05, 4.69) is 34.4 Å². The molecule has 3 heteroatoms. The summed E-state index contributed by atoms with van der Waals surface area (Å²) in [6.07, 6.45) is 9.62. The average molecular weight is 219 g/mol. The Balaban J connectivity index is 1.49. The molecule has 0 bridgehead atoms. The number of nitrogens with one attached hydrogen (secondary N) is 1. The molecule has 2 aliphatic carbocycles. The number of aromatic nitrogens is 2. The van der Waals surface area contributed by atoms with Gasteiger partial charge in [-0.3, -0.25) is 4.68 Å². The maximum absolute atomic E-state index is 4.41. The number of hydrogen-bond donors (Lipinski definition) is 1. The van der Waals surface area contributed by atoms with E-state index in [0.29, 0.717) is 0 Å². The smallest absolute Gasteiger partial charge is 0.0524 e. The summed E-state index contributed by atoms with van der Waals surface area (Å²) in [5.74, 6) is 1.66. The molecule has 0 saturated heterocycles. The van der Waals surface area contributed by atoms with Gasteiger partial charge in [-0.25, -0.2) is 0 Å². The highest BCUT2D eigenvalue weighted by Crippen LogP contribution is 2.47. The van der Waals surface area contributed by atoms with Gasteiger partial charge in [-0.15, -0.1) is 0 Å². The number of hydrogen-bond acceptors (Lipinski definition) is 2. The van der Waals surface area contributed by atoms with Crippen LogP contribution in [0.15, 0.2) is 12.4 Å². The van der Waals surface area contributed by atoms with Gasteiger partial charge in [0.25, 0.3) is 0 Å². The van der Waals surface area contributed by atoms with Crippen molar-refractivity contribution in [2.75, 3.05) is 6.54 Å². The maximum Gasteiger partial charge on any atom is 0.0524 e. The third kappa shape index (κ3) is 2.29. The number of aryl methyl sites for hydroxylation is 1. The SMILES string of the molecule is CCCn1cc(C2CC2CNC2CC2)cn1. The maximum atomic E-state index is 4.41. The molecule has 2 saturated carbocycles. The fraction of sp³-hybridized carbons (Fsp3) is 0.769. The molecule has 0 radical (unpaired) electrons. The molecule has 1 aromatic rings. The van der Waals surface area contributed by atoms with Crippen LogP contribution >= 0.6 is 0 Å². The van der Waals surface area contributed by atoms with Crippen LogP contribution in [0.25, 0.3) is 0 Å². The first-order chi connectivity index (χ1) is 7.86.